The van der Waals surface area contributed by atoms with E-state index in [4.69, 9.17) is 4.42 Å². The topological polar surface area (TPSA) is 45.5 Å². The van der Waals surface area contributed by atoms with Gasteiger partial charge in [0.15, 0.2) is 0 Å². The van der Waals surface area contributed by atoms with E-state index in [9.17, 15) is 4.79 Å². The highest BCUT2D eigenvalue weighted by Crippen LogP contribution is 2.30. The fourth-order valence-corrected chi connectivity index (χ4v) is 3.69. The van der Waals surface area contributed by atoms with Crippen molar-refractivity contribution in [1.29, 1.82) is 0 Å². The number of carbonyl (C=O) groups is 1. The fraction of sp³-hybridized carbons (Fsp3) is 0.550. The van der Waals surface area contributed by atoms with Gasteiger partial charge in [-0.1, -0.05) is 25.1 Å². The van der Waals surface area contributed by atoms with Crippen molar-refractivity contribution in [3.8, 4) is 0 Å². The predicted molar refractivity (Wildman–Crippen MR) is 104 cm³/mol. The molecule has 138 valence electrons. The van der Waals surface area contributed by atoms with Gasteiger partial charge < -0.3 is 14.6 Å². The van der Waals surface area contributed by atoms with Gasteiger partial charge >= 0.3 is 0 Å². The molecule has 25 heavy (non-hydrogen) atoms. The van der Waals surface area contributed by atoms with Crippen molar-refractivity contribution in [2.24, 2.45) is 5.92 Å². The minimum atomic E-state index is -0.0324. The molecular weight excluding hydrogens is 336 g/mol. The highest BCUT2D eigenvalue weighted by atomic mass is 35.5. The summed E-state index contributed by atoms with van der Waals surface area (Å²) in [7, 11) is 0. The maximum Gasteiger partial charge on any atom is 0.226 e. The summed E-state index contributed by atoms with van der Waals surface area (Å²) in [5.41, 5.74) is 0.888. The largest absolute Gasteiger partial charge is 0.459 e. The fourth-order valence-electron chi connectivity index (χ4n) is 3.69. The second kappa shape index (κ2) is 8.72. The number of nitrogens with zero attached hydrogens (tertiary/aromatic N) is 1. The van der Waals surface area contributed by atoms with Gasteiger partial charge in [-0.2, -0.15) is 0 Å². The van der Waals surface area contributed by atoms with Crippen LogP contribution in [0.15, 0.2) is 34.7 Å². The van der Waals surface area contributed by atoms with Crippen LogP contribution in [0.1, 0.15) is 51.8 Å². The smallest absolute Gasteiger partial charge is 0.226 e. The van der Waals surface area contributed by atoms with Crippen LogP contribution >= 0.6 is 12.4 Å². The summed E-state index contributed by atoms with van der Waals surface area (Å²) >= 11 is 0. The third-order valence-corrected chi connectivity index (χ3v) is 5.04. The third-order valence-electron chi connectivity index (χ3n) is 5.04. The van der Waals surface area contributed by atoms with Gasteiger partial charge in [0.1, 0.15) is 11.3 Å². The molecule has 2 aromatic rings. The SMILES string of the molecule is CCCN(C(=O)[C@H]1CCN[C@@H](C)C1)C(C)c1cc2ccccc2o1.Cl. The van der Waals surface area contributed by atoms with Gasteiger partial charge in [-0.05, 0) is 51.8 Å². The van der Waals surface area contributed by atoms with Gasteiger partial charge in [0.05, 0.1) is 6.04 Å². The second-order valence-corrected chi connectivity index (χ2v) is 6.97. The van der Waals surface area contributed by atoms with Crippen LogP contribution in [0.5, 0.6) is 0 Å². The normalized spacial score (nSPS) is 21.6. The lowest BCUT2D eigenvalue weighted by Gasteiger charge is -2.34. The Kier molecular flexibility index (Phi) is 6.91. The number of rotatable bonds is 5. The minimum Gasteiger partial charge on any atom is -0.459 e. The first-order valence-electron chi connectivity index (χ1n) is 9.12. The van der Waals surface area contributed by atoms with Gasteiger partial charge in [0.2, 0.25) is 5.91 Å². The lowest BCUT2D eigenvalue weighted by atomic mass is 9.91. The number of benzene rings is 1. The Balaban J connectivity index is 0.00000225. The number of furan rings is 1. The molecule has 0 spiro atoms. The number of hydrogen-bond donors (Lipinski definition) is 1. The van der Waals surface area contributed by atoms with Crippen LogP contribution in [0.4, 0.5) is 0 Å². The van der Waals surface area contributed by atoms with Gasteiger partial charge in [0.25, 0.3) is 0 Å². The summed E-state index contributed by atoms with van der Waals surface area (Å²) in [4.78, 5) is 15.1. The molecule has 1 N–H and O–H groups in total. The first-order chi connectivity index (χ1) is 11.6. The molecular formula is C20H29ClN2O2. The van der Waals surface area contributed by atoms with Crippen molar-refractivity contribution in [2.45, 2.75) is 52.1 Å². The average Bonchev–Trinajstić information content (AvgIpc) is 3.02. The van der Waals surface area contributed by atoms with Crippen LogP contribution in [0, 0.1) is 5.92 Å². The molecule has 1 aliphatic rings. The van der Waals surface area contributed by atoms with Gasteiger partial charge in [-0.3, -0.25) is 4.79 Å². The number of carbonyl (C=O) groups excluding carboxylic acids is 1. The lowest BCUT2D eigenvalue weighted by Crippen LogP contribution is -2.45. The van der Waals surface area contributed by atoms with E-state index in [0.717, 1.165) is 49.1 Å². The molecule has 1 fully saturated rings. The molecule has 0 aliphatic carbocycles. The molecule has 1 aliphatic heterocycles. The van der Waals surface area contributed by atoms with E-state index in [1.807, 2.05) is 23.1 Å². The Morgan fingerprint density at radius 1 is 1.40 bits per heavy atom. The number of fused-ring (bicyclic) bond motifs is 1. The molecule has 2 heterocycles. The van der Waals surface area contributed by atoms with Crippen molar-refractivity contribution in [3.05, 3.63) is 36.1 Å². The average molecular weight is 365 g/mol. The van der Waals surface area contributed by atoms with Crippen LogP contribution in [0.25, 0.3) is 11.0 Å². The van der Waals surface area contributed by atoms with Crippen molar-refractivity contribution in [3.63, 3.8) is 0 Å². The summed E-state index contributed by atoms with van der Waals surface area (Å²) in [6, 6.07) is 10.5. The second-order valence-electron chi connectivity index (χ2n) is 6.97. The van der Waals surface area contributed by atoms with Crippen LogP contribution in [-0.2, 0) is 4.79 Å². The molecule has 1 aromatic heterocycles. The van der Waals surface area contributed by atoms with E-state index in [0.29, 0.717) is 6.04 Å². The first-order valence-corrected chi connectivity index (χ1v) is 9.12. The van der Waals surface area contributed by atoms with Crippen LogP contribution < -0.4 is 5.32 Å². The molecule has 0 bridgehead atoms. The molecule has 1 unspecified atom stereocenters. The summed E-state index contributed by atoms with van der Waals surface area (Å²) in [6.45, 7) is 8.06. The summed E-state index contributed by atoms with van der Waals surface area (Å²) < 4.78 is 6.01. The quantitative estimate of drug-likeness (QED) is 0.846. The Hall–Kier alpha value is -1.52. The van der Waals surface area contributed by atoms with E-state index in [1.165, 1.54) is 0 Å². The van der Waals surface area contributed by atoms with Crippen LogP contribution in [0.2, 0.25) is 0 Å². The molecule has 3 atom stereocenters. The van der Waals surface area contributed by atoms with E-state index in [2.05, 4.69) is 38.2 Å². The van der Waals surface area contributed by atoms with E-state index in [1.54, 1.807) is 0 Å². The number of amides is 1. The summed E-state index contributed by atoms with van der Waals surface area (Å²) in [6.07, 6.45) is 2.80. The molecule has 3 rings (SSSR count). The third kappa shape index (κ3) is 4.36. The Morgan fingerprint density at radius 2 is 2.16 bits per heavy atom. The number of piperidine rings is 1. The maximum atomic E-state index is 13.1. The van der Waals surface area contributed by atoms with E-state index in [-0.39, 0.29) is 30.3 Å². The zero-order valence-electron chi connectivity index (χ0n) is 15.3. The minimum absolute atomic E-state index is 0. The van der Waals surface area contributed by atoms with Gasteiger partial charge in [-0.15, -0.1) is 12.4 Å². The Bertz CT molecular complexity index is 667. The number of para-hydroxylation sites is 1. The summed E-state index contributed by atoms with van der Waals surface area (Å²) in [5.74, 6) is 1.28. The van der Waals surface area contributed by atoms with Crippen LogP contribution in [0.3, 0.4) is 0 Å². The molecule has 5 heteroatoms. The van der Waals surface area contributed by atoms with Crippen LogP contribution in [-0.4, -0.2) is 29.9 Å². The molecule has 1 amide bonds. The molecule has 1 aromatic carbocycles. The standard InChI is InChI=1S/C20H28N2O2.ClH/c1-4-11-22(20(23)17-9-10-21-14(2)12-17)15(3)19-13-16-7-5-6-8-18(16)24-19;/h5-8,13-15,17,21H,4,9-12H2,1-3H3;1H/t14-,15?,17-;/m0./s1. The van der Waals surface area contributed by atoms with Crippen molar-refractivity contribution < 1.29 is 9.21 Å². The Morgan fingerprint density at radius 3 is 2.84 bits per heavy atom. The van der Waals surface area contributed by atoms with Gasteiger partial charge in [0, 0.05) is 23.9 Å². The lowest BCUT2D eigenvalue weighted by molar-refractivity contribution is -0.139. The van der Waals surface area contributed by atoms with Crippen molar-refractivity contribution >= 4 is 29.3 Å². The van der Waals surface area contributed by atoms with Gasteiger partial charge in [-0.25, -0.2) is 0 Å². The number of halogens is 1. The monoisotopic (exact) mass is 364 g/mol. The van der Waals surface area contributed by atoms with Crippen molar-refractivity contribution in [1.82, 2.24) is 10.2 Å². The highest BCUT2D eigenvalue weighted by Gasteiger charge is 2.31. The first kappa shape index (κ1) is 19.8. The summed E-state index contributed by atoms with van der Waals surface area (Å²) in [5, 5.41) is 4.52. The molecule has 0 saturated carbocycles. The number of hydrogen-bond acceptors (Lipinski definition) is 3. The molecule has 0 radical (unpaired) electrons. The zero-order chi connectivity index (χ0) is 17.1. The molecule has 1 saturated heterocycles. The maximum absolute atomic E-state index is 13.1. The highest BCUT2D eigenvalue weighted by molar-refractivity contribution is 5.85. The predicted octanol–water partition coefficient (Wildman–Crippen LogP) is 4.54. The Labute approximate surface area is 156 Å². The zero-order valence-corrected chi connectivity index (χ0v) is 16.1. The molecule has 4 nitrogen and oxygen atoms in total. The van der Waals surface area contributed by atoms with E-state index >= 15 is 0 Å². The van der Waals surface area contributed by atoms with Crippen molar-refractivity contribution in [2.75, 3.05) is 13.1 Å². The van der Waals surface area contributed by atoms with E-state index < -0.39 is 0 Å². The number of nitrogens with one attached hydrogen (secondary N) is 1.